The third-order valence-electron chi connectivity index (χ3n) is 3.25. The summed E-state index contributed by atoms with van der Waals surface area (Å²) in [6.45, 7) is 1.75. The van der Waals surface area contributed by atoms with Gasteiger partial charge in [0, 0.05) is 45.7 Å². The molecule has 1 heterocycles. The monoisotopic (exact) mass is 268 g/mol. The van der Waals surface area contributed by atoms with Crippen molar-refractivity contribution < 1.29 is 9.13 Å². The largest absolute Gasteiger partial charge is 0.382 e. The molecule has 0 bridgehead atoms. The van der Waals surface area contributed by atoms with Gasteiger partial charge in [0.2, 0.25) is 0 Å². The topological polar surface area (TPSA) is 72.2 Å². The number of anilines is 1. The van der Waals surface area contributed by atoms with E-state index >= 15 is 0 Å². The van der Waals surface area contributed by atoms with Gasteiger partial charge in [0.1, 0.15) is 0 Å². The van der Waals surface area contributed by atoms with E-state index in [1.54, 1.807) is 13.0 Å². The van der Waals surface area contributed by atoms with E-state index in [1.165, 1.54) is 6.07 Å². The fraction of sp³-hybridized carbons (Fsp3) is 0.500. The van der Waals surface area contributed by atoms with Gasteiger partial charge in [-0.2, -0.15) is 0 Å². The fourth-order valence-corrected chi connectivity index (χ4v) is 3.43. The van der Waals surface area contributed by atoms with E-state index in [0.717, 1.165) is 18.5 Å². The molecule has 1 aliphatic rings. The number of hydrogen-bond donors (Lipinski definition) is 1. The lowest BCUT2D eigenvalue weighted by Gasteiger charge is -2.24. The summed E-state index contributed by atoms with van der Waals surface area (Å²) in [6.07, 6.45) is 1.71. The number of hydrogen-bond acceptors (Lipinski definition) is 4. The second kappa shape index (κ2) is 5.48. The van der Waals surface area contributed by atoms with Gasteiger partial charge in [0.15, 0.2) is 0 Å². The third kappa shape index (κ3) is 2.87. The summed E-state index contributed by atoms with van der Waals surface area (Å²) >= 11 is 0. The third-order valence-corrected chi connectivity index (χ3v) is 4.63. The summed E-state index contributed by atoms with van der Waals surface area (Å²) in [6, 6.07) is 5.32. The molecule has 0 radical (unpaired) electrons. The summed E-state index contributed by atoms with van der Waals surface area (Å²) in [5, 5.41) is 14.2. The molecule has 98 valence electrons. The molecule has 0 aliphatic carbocycles. The Bertz CT molecular complexity index is 480. The summed E-state index contributed by atoms with van der Waals surface area (Å²) in [5.74, 6) is 1.43. The van der Waals surface area contributed by atoms with Crippen molar-refractivity contribution in [1.82, 2.24) is 0 Å². The highest BCUT2D eigenvalue weighted by Gasteiger charge is 2.20. The van der Waals surface area contributed by atoms with Crippen LogP contribution in [0.3, 0.4) is 0 Å². The van der Waals surface area contributed by atoms with Gasteiger partial charge in [0.05, 0.1) is 4.92 Å². The molecule has 18 heavy (non-hydrogen) atoms. The predicted octanol–water partition coefficient (Wildman–Crippen LogP) is 2.23. The van der Waals surface area contributed by atoms with E-state index in [0.29, 0.717) is 17.1 Å². The first-order chi connectivity index (χ1) is 8.58. The number of benzene rings is 1. The Morgan fingerprint density at radius 2 is 2.06 bits per heavy atom. The highest BCUT2D eigenvalue weighted by Crippen LogP contribution is 2.27. The van der Waals surface area contributed by atoms with Gasteiger partial charge in [-0.15, -0.1) is 0 Å². The van der Waals surface area contributed by atoms with E-state index in [2.05, 4.69) is 5.32 Å². The lowest BCUT2D eigenvalue weighted by Crippen LogP contribution is -2.29. The minimum absolute atomic E-state index is 0.138. The van der Waals surface area contributed by atoms with Crippen LogP contribution in [0.1, 0.15) is 18.4 Å². The van der Waals surface area contributed by atoms with Crippen molar-refractivity contribution in [3.8, 4) is 0 Å². The molecule has 2 rings (SSSR count). The van der Waals surface area contributed by atoms with Gasteiger partial charge in [-0.3, -0.25) is 14.3 Å². The smallest absolute Gasteiger partial charge is 0.274 e. The van der Waals surface area contributed by atoms with Crippen LogP contribution in [0.25, 0.3) is 0 Å². The molecule has 0 spiro atoms. The maximum atomic E-state index is 11.3. The first kappa shape index (κ1) is 13.0. The van der Waals surface area contributed by atoms with Crippen molar-refractivity contribution in [2.75, 3.05) is 16.8 Å². The Morgan fingerprint density at radius 3 is 2.67 bits per heavy atom. The van der Waals surface area contributed by atoms with Crippen LogP contribution in [0.5, 0.6) is 0 Å². The molecule has 1 fully saturated rings. The summed E-state index contributed by atoms with van der Waals surface area (Å²) in [5.41, 5.74) is 1.61. The van der Waals surface area contributed by atoms with Crippen molar-refractivity contribution in [2.24, 2.45) is 0 Å². The molecule has 1 aromatic rings. The van der Waals surface area contributed by atoms with Crippen LogP contribution >= 0.6 is 0 Å². The average molecular weight is 268 g/mol. The number of nitro groups is 1. The standard InChI is InChI=1S/C12H16N2O3S/c1-9-11(3-2-4-12(9)14(15)16)13-10-5-7-18(17)8-6-10/h2-4,10,13H,5-8H2,1H3. The Kier molecular flexibility index (Phi) is 3.96. The van der Waals surface area contributed by atoms with Crippen LogP contribution < -0.4 is 5.32 Å². The van der Waals surface area contributed by atoms with Gasteiger partial charge in [0.25, 0.3) is 5.69 Å². The molecule has 0 atom stereocenters. The maximum absolute atomic E-state index is 11.3. The molecule has 1 saturated heterocycles. The highest BCUT2D eigenvalue weighted by molar-refractivity contribution is 7.85. The number of rotatable bonds is 3. The molecular weight excluding hydrogens is 252 g/mol. The van der Waals surface area contributed by atoms with Crippen LogP contribution in [-0.4, -0.2) is 26.7 Å². The van der Waals surface area contributed by atoms with Gasteiger partial charge in [-0.05, 0) is 25.8 Å². The molecule has 0 saturated carbocycles. The second-order valence-electron chi connectivity index (χ2n) is 4.47. The zero-order valence-electron chi connectivity index (χ0n) is 10.2. The molecule has 0 amide bonds. The normalized spacial score (nSPS) is 23.6. The van der Waals surface area contributed by atoms with Crippen molar-refractivity contribution in [3.05, 3.63) is 33.9 Å². The van der Waals surface area contributed by atoms with Crippen LogP contribution in [0.4, 0.5) is 11.4 Å². The summed E-state index contributed by atoms with van der Waals surface area (Å²) in [4.78, 5) is 10.5. The van der Waals surface area contributed by atoms with Gasteiger partial charge in [-0.25, -0.2) is 0 Å². The molecule has 1 N–H and O–H groups in total. The van der Waals surface area contributed by atoms with E-state index in [1.807, 2.05) is 6.07 Å². The molecule has 5 nitrogen and oxygen atoms in total. The molecule has 6 heteroatoms. The maximum Gasteiger partial charge on any atom is 0.274 e. The molecular formula is C12H16N2O3S. The Labute approximate surface area is 108 Å². The van der Waals surface area contributed by atoms with Gasteiger partial charge >= 0.3 is 0 Å². The van der Waals surface area contributed by atoms with Crippen molar-refractivity contribution in [2.45, 2.75) is 25.8 Å². The zero-order valence-corrected chi connectivity index (χ0v) is 11.0. The number of nitro benzene ring substituents is 1. The minimum Gasteiger partial charge on any atom is -0.382 e. The van der Waals surface area contributed by atoms with E-state index in [-0.39, 0.29) is 16.7 Å². The molecule has 1 aromatic carbocycles. The Balaban J connectivity index is 2.12. The molecule has 0 aromatic heterocycles. The van der Waals surface area contributed by atoms with Crippen LogP contribution in [0.2, 0.25) is 0 Å². The molecule has 0 unspecified atom stereocenters. The lowest BCUT2D eigenvalue weighted by molar-refractivity contribution is -0.385. The zero-order chi connectivity index (χ0) is 13.1. The second-order valence-corrected chi connectivity index (χ2v) is 6.17. The van der Waals surface area contributed by atoms with E-state index in [4.69, 9.17) is 0 Å². The number of nitrogens with zero attached hydrogens (tertiary/aromatic N) is 1. The first-order valence-corrected chi connectivity index (χ1v) is 7.42. The van der Waals surface area contributed by atoms with Crippen LogP contribution in [0, 0.1) is 17.0 Å². The van der Waals surface area contributed by atoms with Crippen molar-refractivity contribution >= 4 is 22.2 Å². The predicted molar refractivity (Wildman–Crippen MR) is 72.4 cm³/mol. The summed E-state index contributed by atoms with van der Waals surface area (Å²) < 4.78 is 11.3. The number of nitrogens with one attached hydrogen (secondary N) is 1. The quantitative estimate of drug-likeness (QED) is 0.674. The summed E-state index contributed by atoms with van der Waals surface area (Å²) in [7, 11) is -0.684. The van der Waals surface area contributed by atoms with Gasteiger partial charge < -0.3 is 5.32 Å². The van der Waals surface area contributed by atoms with E-state index in [9.17, 15) is 14.3 Å². The van der Waals surface area contributed by atoms with Crippen LogP contribution in [-0.2, 0) is 10.8 Å². The fourth-order valence-electron chi connectivity index (χ4n) is 2.14. The molecule has 1 aliphatic heterocycles. The lowest BCUT2D eigenvalue weighted by atomic mass is 10.1. The Morgan fingerprint density at radius 1 is 1.39 bits per heavy atom. The van der Waals surface area contributed by atoms with Gasteiger partial charge in [-0.1, -0.05) is 6.07 Å². The van der Waals surface area contributed by atoms with Crippen LogP contribution in [0.15, 0.2) is 18.2 Å². The first-order valence-electron chi connectivity index (χ1n) is 5.93. The highest BCUT2D eigenvalue weighted by atomic mass is 32.2. The van der Waals surface area contributed by atoms with Crippen molar-refractivity contribution in [3.63, 3.8) is 0 Å². The Hall–Kier alpha value is -1.43. The van der Waals surface area contributed by atoms with Crippen molar-refractivity contribution in [1.29, 1.82) is 0 Å². The average Bonchev–Trinajstić information content (AvgIpc) is 2.34. The van der Waals surface area contributed by atoms with E-state index < -0.39 is 10.8 Å². The SMILES string of the molecule is Cc1c(NC2CCS(=O)CC2)cccc1[N+](=O)[O-]. The minimum atomic E-state index is -0.684.